The molecule has 72 valence electrons. The molecule has 0 saturated carbocycles. The molecule has 0 fully saturated rings. The number of aromatic nitrogens is 1. The summed E-state index contributed by atoms with van der Waals surface area (Å²) in [7, 11) is 0. The number of aryl methyl sites for hydroxylation is 1. The van der Waals surface area contributed by atoms with Crippen LogP contribution < -0.4 is 0 Å². The van der Waals surface area contributed by atoms with Gasteiger partial charge in [-0.15, -0.1) is 0 Å². The second kappa shape index (κ2) is 3.70. The summed E-state index contributed by atoms with van der Waals surface area (Å²) in [5.41, 5.74) is 2.57. The number of fused-ring (bicyclic) bond motifs is 1. The van der Waals surface area contributed by atoms with Gasteiger partial charge >= 0.3 is 0 Å². The molecular formula is C13H15N. The highest BCUT2D eigenvalue weighted by Crippen LogP contribution is 2.19. The highest BCUT2D eigenvalue weighted by atomic mass is 15.0. The van der Waals surface area contributed by atoms with E-state index in [4.69, 9.17) is 0 Å². The van der Waals surface area contributed by atoms with E-state index in [1.165, 1.54) is 16.6 Å². The fourth-order valence-corrected chi connectivity index (χ4v) is 1.72. The maximum absolute atomic E-state index is 2.23. The predicted molar refractivity (Wildman–Crippen MR) is 62.3 cm³/mol. The molecule has 0 saturated heterocycles. The summed E-state index contributed by atoms with van der Waals surface area (Å²) < 4.78 is 2.23. The molecule has 1 aromatic carbocycles. The van der Waals surface area contributed by atoms with Crippen LogP contribution in [0, 0.1) is 6.92 Å². The third kappa shape index (κ3) is 1.46. The van der Waals surface area contributed by atoms with E-state index in [0.29, 0.717) is 0 Å². The van der Waals surface area contributed by atoms with Crippen molar-refractivity contribution in [1.82, 2.24) is 4.57 Å². The van der Waals surface area contributed by atoms with Crippen molar-refractivity contribution in [2.45, 2.75) is 20.3 Å². The lowest BCUT2D eigenvalue weighted by Crippen LogP contribution is -1.87. The fraction of sp³-hybridized carbons (Fsp3) is 0.231. The van der Waals surface area contributed by atoms with E-state index in [-0.39, 0.29) is 0 Å². The van der Waals surface area contributed by atoms with E-state index in [1.54, 1.807) is 0 Å². The normalized spacial score (nSPS) is 11.6. The Kier molecular flexibility index (Phi) is 2.40. The van der Waals surface area contributed by atoms with Gasteiger partial charge in [-0.3, -0.25) is 0 Å². The van der Waals surface area contributed by atoms with Crippen molar-refractivity contribution in [2.24, 2.45) is 0 Å². The van der Waals surface area contributed by atoms with Gasteiger partial charge in [-0.05, 0) is 25.5 Å². The molecule has 0 N–H and O–H groups in total. The average molecular weight is 185 g/mol. The fourth-order valence-electron chi connectivity index (χ4n) is 1.72. The molecule has 1 nitrogen and oxygen atoms in total. The summed E-state index contributed by atoms with van der Waals surface area (Å²) in [6, 6.07) is 10.7. The van der Waals surface area contributed by atoms with Crippen LogP contribution in [0.1, 0.15) is 19.0 Å². The summed E-state index contributed by atoms with van der Waals surface area (Å²) in [6.07, 6.45) is 5.41. The van der Waals surface area contributed by atoms with Crippen molar-refractivity contribution in [3.8, 4) is 0 Å². The van der Waals surface area contributed by atoms with Gasteiger partial charge in [-0.2, -0.15) is 0 Å². The van der Waals surface area contributed by atoms with Gasteiger partial charge in [0.15, 0.2) is 0 Å². The Labute approximate surface area is 84.7 Å². The third-order valence-corrected chi connectivity index (χ3v) is 2.43. The first-order valence-electron chi connectivity index (χ1n) is 5.06. The van der Waals surface area contributed by atoms with E-state index in [0.717, 1.165) is 6.42 Å². The summed E-state index contributed by atoms with van der Waals surface area (Å²) in [6.45, 7) is 4.29. The molecule has 0 aliphatic rings. The van der Waals surface area contributed by atoms with Crippen molar-refractivity contribution in [3.05, 3.63) is 42.1 Å². The van der Waals surface area contributed by atoms with Crippen LogP contribution in [-0.4, -0.2) is 4.57 Å². The SMILES string of the molecule is CC/C=C/n1c(C)cc2ccccc21. The van der Waals surface area contributed by atoms with E-state index < -0.39 is 0 Å². The van der Waals surface area contributed by atoms with Gasteiger partial charge in [-0.25, -0.2) is 0 Å². The molecule has 2 aromatic rings. The van der Waals surface area contributed by atoms with Crippen molar-refractivity contribution in [3.63, 3.8) is 0 Å². The summed E-state index contributed by atoms with van der Waals surface area (Å²) >= 11 is 0. The first-order valence-corrected chi connectivity index (χ1v) is 5.06. The lowest BCUT2D eigenvalue weighted by Gasteiger charge is -1.99. The molecule has 1 heteroatoms. The van der Waals surface area contributed by atoms with Crippen LogP contribution in [0.25, 0.3) is 17.1 Å². The number of allylic oxidation sites excluding steroid dienone is 1. The minimum absolute atomic E-state index is 1.08. The van der Waals surface area contributed by atoms with Crippen molar-refractivity contribution < 1.29 is 0 Å². The molecule has 0 unspecified atom stereocenters. The third-order valence-electron chi connectivity index (χ3n) is 2.43. The molecule has 0 aliphatic carbocycles. The summed E-state index contributed by atoms with van der Waals surface area (Å²) in [5.74, 6) is 0. The number of para-hydroxylation sites is 1. The van der Waals surface area contributed by atoms with Gasteiger partial charge < -0.3 is 4.57 Å². The molecule has 2 rings (SSSR count). The number of hydrogen-bond acceptors (Lipinski definition) is 0. The minimum atomic E-state index is 1.08. The van der Waals surface area contributed by atoms with Gasteiger partial charge in [-0.1, -0.05) is 31.2 Å². The standard InChI is InChI=1S/C13H15N/c1-3-4-9-14-11(2)10-12-7-5-6-8-13(12)14/h4-10H,3H2,1-2H3/b9-4+. The number of nitrogens with zero attached hydrogens (tertiary/aromatic N) is 1. The predicted octanol–water partition coefficient (Wildman–Crippen LogP) is 3.83. The maximum Gasteiger partial charge on any atom is 0.0525 e. The molecule has 0 amide bonds. The zero-order chi connectivity index (χ0) is 9.97. The monoisotopic (exact) mass is 185 g/mol. The van der Waals surface area contributed by atoms with Crippen LogP contribution >= 0.6 is 0 Å². The van der Waals surface area contributed by atoms with Crippen LogP contribution in [0.4, 0.5) is 0 Å². The average Bonchev–Trinajstić information content (AvgIpc) is 2.51. The van der Waals surface area contributed by atoms with E-state index >= 15 is 0 Å². The van der Waals surface area contributed by atoms with Crippen LogP contribution in [0.15, 0.2) is 36.4 Å². The Hall–Kier alpha value is -1.50. The second-order valence-electron chi connectivity index (χ2n) is 3.51. The molecule has 0 aliphatic heterocycles. The topological polar surface area (TPSA) is 4.93 Å². The van der Waals surface area contributed by atoms with E-state index in [1.807, 2.05) is 0 Å². The lowest BCUT2D eigenvalue weighted by molar-refractivity contribution is 1.11. The number of hydrogen-bond donors (Lipinski definition) is 0. The Balaban J connectivity index is 2.62. The van der Waals surface area contributed by atoms with Crippen molar-refractivity contribution >= 4 is 17.1 Å². The highest BCUT2D eigenvalue weighted by Gasteiger charge is 2.00. The highest BCUT2D eigenvalue weighted by molar-refractivity contribution is 5.83. The molecule has 14 heavy (non-hydrogen) atoms. The van der Waals surface area contributed by atoms with Crippen LogP contribution in [-0.2, 0) is 0 Å². The minimum Gasteiger partial charge on any atom is -0.321 e. The molecule has 1 aromatic heterocycles. The van der Waals surface area contributed by atoms with Gasteiger partial charge in [0.25, 0.3) is 0 Å². The van der Waals surface area contributed by atoms with Gasteiger partial charge in [0, 0.05) is 17.3 Å². The van der Waals surface area contributed by atoms with E-state index in [2.05, 4.69) is 61.0 Å². The van der Waals surface area contributed by atoms with Crippen LogP contribution in [0.2, 0.25) is 0 Å². The number of rotatable bonds is 2. The zero-order valence-electron chi connectivity index (χ0n) is 8.70. The second-order valence-corrected chi connectivity index (χ2v) is 3.51. The van der Waals surface area contributed by atoms with Gasteiger partial charge in [0.1, 0.15) is 0 Å². The van der Waals surface area contributed by atoms with Gasteiger partial charge in [0.2, 0.25) is 0 Å². The smallest absolute Gasteiger partial charge is 0.0525 e. The lowest BCUT2D eigenvalue weighted by atomic mass is 10.2. The Bertz CT molecular complexity index is 463. The Morgan fingerprint density at radius 2 is 2.07 bits per heavy atom. The molecule has 0 spiro atoms. The molecule has 0 atom stereocenters. The quantitative estimate of drug-likeness (QED) is 0.670. The largest absolute Gasteiger partial charge is 0.321 e. The molecular weight excluding hydrogens is 170 g/mol. The number of benzene rings is 1. The van der Waals surface area contributed by atoms with Crippen LogP contribution in [0.3, 0.4) is 0 Å². The van der Waals surface area contributed by atoms with Crippen molar-refractivity contribution in [1.29, 1.82) is 0 Å². The Morgan fingerprint density at radius 3 is 2.86 bits per heavy atom. The molecule has 0 radical (unpaired) electrons. The molecule has 0 bridgehead atoms. The van der Waals surface area contributed by atoms with Crippen molar-refractivity contribution in [2.75, 3.05) is 0 Å². The van der Waals surface area contributed by atoms with Gasteiger partial charge in [0.05, 0.1) is 5.52 Å². The van der Waals surface area contributed by atoms with Crippen LogP contribution in [0.5, 0.6) is 0 Å². The zero-order valence-corrected chi connectivity index (χ0v) is 8.70. The van der Waals surface area contributed by atoms with E-state index in [9.17, 15) is 0 Å². The first-order chi connectivity index (χ1) is 6.83. The Morgan fingerprint density at radius 1 is 1.29 bits per heavy atom. The summed E-state index contributed by atoms with van der Waals surface area (Å²) in [4.78, 5) is 0. The summed E-state index contributed by atoms with van der Waals surface area (Å²) in [5, 5.41) is 1.31. The maximum atomic E-state index is 2.23. The first kappa shape index (κ1) is 9.07. The molecule has 1 heterocycles.